The number of phenols is 2. The van der Waals surface area contributed by atoms with Gasteiger partial charge in [0.1, 0.15) is 22.5 Å². The Morgan fingerprint density at radius 3 is 0.824 bits per heavy atom. The van der Waals surface area contributed by atoms with E-state index in [1.165, 1.54) is 281 Å². The Kier molecular flexibility index (Phi) is 67.6. The number of aromatic nitrogens is 2. The van der Waals surface area contributed by atoms with Gasteiger partial charge in [0.15, 0.2) is 0 Å². The molecule has 0 radical (unpaired) electrons. The molecule has 11 fully saturated rings. The van der Waals surface area contributed by atoms with Crippen LogP contribution in [0.1, 0.15) is 332 Å². The quantitative estimate of drug-likeness (QED) is 0.0827. The van der Waals surface area contributed by atoms with Gasteiger partial charge in [-0.15, -0.1) is 0 Å². The minimum Gasteiger partial charge on any atom is -0.506 e. The lowest BCUT2D eigenvalue weighted by atomic mass is 9.97. The lowest BCUT2D eigenvalue weighted by molar-refractivity contribution is -0.119. The average Bonchev–Trinajstić information content (AvgIpc) is 1.32. The van der Waals surface area contributed by atoms with Gasteiger partial charge in [-0.2, -0.15) is 0 Å². The molecule has 21 nitrogen and oxygen atoms in total. The van der Waals surface area contributed by atoms with E-state index in [2.05, 4.69) is 88.3 Å². The summed E-state index contributed by atoms with van der Waals surface area (Å²) in [5.74, 6) is 0.526. The molecule has 2 aromatic heterocycles. The Morgan fingerprint density at radius 2 is 0.605 bits per heavy atom. The Balaban J connectivity index is 0.00000130. The summed E-state index contributed by atoms with van der Waals surface area (Å²) in [6, 6.07) is 19.8. The molecule has 2 aromatic carbocycles. The second-order valence-electron chi connectivity index (χ2n) is 36.6. The fraction of sp³-hybridized carbons (Fsp3) is 0.776. The van der Waals surface area contributed by atoms with E-state index in [0.717, 1.165) is 102 Å². The highest BCUT2D eigenvalue weighted by Gasteiger charge is 2.19. The first-order valence-electron chi connectivity index (χ1n) is 46.2. The van der Waals surface area contributed by atoms with Gasteiger partial charge in [0.25, 0.3) is 0 Å². The lowest BCUT2D eigenvalue weighted by Crippen LogP contribution is -2.43. The fourth-order valence-corrected chi connectivity index (χ4v) is 15.8. The van der Waals surface area contributed by atoms with Crippen LogP contribution in [0, 0.1) is 5.41 Å². The minimum absolute atomic E-state index is 0. The van der Waals surface area contributed by atoms with Crippen LogP contribution in [-0.4, -0.2) is 216 Å². The van der Waals surface area contributed by atoms with Gasteiger partial charge < -0.3 is 81.4 Å². The van der Waals surface area contributed by atoms with Crippen molar-refractivity contribution in [2.24, 2.45) is 62.0 Å². The number of aromatic hydroxyl groups is 2. The van der Waals surface area contributed by atoms with Crippen molar-refractivity contribution < 1.29 is 15.0 Å². The van der Waals surface area contributed by atoms with E-state index in [4.69, 9.17) is 51.6 Å². The van der Waals surface area contributed by atoms with Crippen LogP contribution in [0.25, 0.3) is 21.8 Å². The van der Waals surface area contributed by atoms with E-state index >= 15 is 0 Å². The van der Waals surface area contributed by atoms with Crippen molar-refractivity contribution >= 4 is 34.4 Å². The molecule has 0 spiro atoms. The van der Waals surface area contributed by atoms with Gasteiger partial charge in [0, 0.05) is 162 Å². The van der Waals surface area contributed by atoms with Crippen molar-refractivity contribution in [1.29, 1.82) is 0 Å². The number of phenolic OH excluding ortho intramolecular Hbond substituents is 2. The van der Waals surface area contributed by atoms with E-state index in [1.54, 1.807) is 41.8 Å². The molecule has 4 aliphatic heterocycles. The maximum Gasteiger partial charge on any atom is 0.209 e. The number of benzene rings is 2. The molecule has 21 heteroatoms. The number of rotatable bonds is 5. The predicted molar refractivity (Wildman–Crippen MR) is 518 cm³/mol. The Morgan fingerprint density at radius 1 is 0.353 bits per heavy atom. The molecular weight excluding hydrogens is 1480 g/mol. The zero-order valence-electron chi connectivity index (χ0n) is 74.2. The molecule has 4 aromatic rings. The van der Waals surface area contributed by atoms with Crippen LogP contribution in [0.4, 0.5) is 0 Å². The molecule has 12 aliphatic rings. The maximum atomic E-state index is 10.2. The molecule has 20 N–H and O–H groups in total. The highest BCUT2D eigenvalue weighted by Crippen LogP contribution is 2.29. The summed E-state index contributed by atoms with van der Waals surface area (Å²) in [5, 5.41) is 21.9. The molecule has 6 heterocycles. The molecule has 1 atom stereocenters. The number of amides is 1. The van der Waals surface area contributed by atoms with Crippen molar-refractivity contribution in [2.45, 2.75) is 388 Å². The number of hydrogen-bond donors (Lipinski definition) is 11. The van der Waals surface area contributed by atoms with Crippen molar-refractivity contribution in [2.75, 3.05) is 99.7 Å². The molecule has 119 heavy (non-hydrogen) atoms. The smallest absolute Gasteiger partial charge is 0.209 e. The molecule has 16 rings (SSSR count). The summed E-state index contributed by atoms with van der Waals surface area (Å²) in [6.45, 7) is 23.4. The van der Waals surface area contributed by atoms with Crippen molar-refractivity contribution in [3.63, 3.8) is 0 Å². The summed E-state index contributed by atoms with van der Waals surface area (Å²) in [5.41, 5.74) is 54.8. The Bertz CT molecular complexity index is 2830. The fourth-order valence-electron chi connectivity index (χ4n) is 15.8. The Hall–Kier alpha value is -4.82. The molecule has 8 aliphatic carbocycles. The largest absolute Gasteiger partial charge is 0.506 e. The third kappa shape index (κ3) is 58.1. The summed E-state index contributed by atoms with van der Waals surface area (Å²) in [4.78, 5) is 36.2. The van der Waals surface area contributed by atoms with E-state index in [1.807, 2.05) is 42.5 Å². The van der Waals surface area contributed by atoms with Crippen LogP contribution < -0.4 is 51.6 Å². The minimum atomic E-state index is 0. The van der Waals surface area contributed by atoms with Gasteiger partial charge in [0.05, 0.1) is 6.04 Å². The van der Waals surface area contributed by atoms with Crippen LogP contribution >= 0.6 is 0 Å². The molecule has 1 amide bonds. The number of pyridine rings is 2. The number of nitrogens with zero attached hydrogens (tertiary/aromatic N) is 9. The van der Waals surface area contributed by atoms with Gasteiger partial charge in [-0.1, -0.05) is 236 Å². The second kappa shape index (κ2) is 70.5. The molecule has 3 saturated heterocycles. The second-order valence-corrected chi connectivity index (χ2v) is 36.6. The summed E-state index contributed by atoms with van der Waals surface area (Å²) in [6.07, 6.45) is 64.1. The van der Waals surface area contributed by atoms with Crippen LogP contribution in [0.15, 0.2) is 78.2 Å². The number of nitrogens with two attached hydrogens (primary N) is 9. The van der Waals surface area contributed by atoms with Gasteiger partial charge >= 0.3 is 0 Å². The molecule has 690 valence electrons. The van der Waals surface area contributed by atoms with Crippen LogP contribution in [0.3, 0.4) is 0 Å². The first-order chi connectivity index (χ1) is 55.3. The van der Waals surface area contributed by atoms with E-state index in [0.29, 0.717) is 64.8 Å². The van der Waals surface area contributed by atoms with Gasteiger partial charge in [-0.3, -0.25) is 29.6 Å². The van der Waals surface area contributed by atoms with Crippen molar-refractivity contribution in [3.05, 3.63) is 84.3 Å². The topological polar surface area (TPSA) is 349 Å². The van der Waals surface area contributed by atoms with Crippen molar-refractivity contribution in [3.8, 4) is 11.5 Å². The number of piperazine rings is 2. The number of likely N-dealkylation sites (N-methyl/N-ethyl adjacent to an activating group) is 3. The maximum absolute atomic E-state index is 10.2. The lowest BCUT2D eigenvalue weighted by Gasteiger charge is -2.32. The van der Waals surface area contributed by atoms with Gasteiger partial charge in [0.2, 0.25) is 6.41 Å². The van der Waals surface area contributed by atoms with E-state index in [-0.39, 0.29) is 47.2 Å². The number of hydrogen-bond acceptors (Lipinski definition) is 20. The summed E-state index contributed by atoms with van der Waals surface area (Å²) < 4.78 is 0. The molecule has 1 unspecified atom stereocenters. The molecular formula is C98H190N18O3. The van der Waals surface area contributed by atoms with Crippen LogP contribution in [0.5, 0.6) is 11.5 Å². The van der Waals surface area contributed by atoms with Gasteiger partial charge in [-0.05, 0) is 190 Å². The van der Waals surface area contributed by atoms with E-state index < -0.39 is 0 Å². The Labute approximate surface area is 730 Å². The molecule has 8 saturated carbocycles. The third-order valence-corrected chi connectivity index (χ3v) is 23.4. The summed E-state index contributed by atoms with van der Waals surface area (Å²) >= 11 is 0. The number of fused-ring (bicyclic) bond motifs is 2. The highest BCUT2D eigenvalue weighted by molar-refractivity contribution is 5.88. The third-order valence-electron chi connectivity index (χ3n) is 23.4. The van der Waals surface area contributed by atoms with E-state index in [9.17, 15) is 15.0 Å². The van der Waals surface area contributed by atoms with Crippen LogP contribution in [-0.2, 0) is 17.9 Å². The zero-order chi connectivity index (χ0) is 83.7. The monoisotopic (exact) mass is 1670 g/mol. The standard InChI is InChI=1S/C16H21N3O.C15H19N3O.C6H12N2O.8C6H13N.C5H12.C4H6N2.4CH4/c1-18-8-3-9-19(11-10-18)12-13-5-6-15(20)16-14(13)4-2-7-17-16;1-17-7-9-18(10-8-17)11-12-4-5-14(19)15-13(12)3-2-6-16-15;1-7-2-4-8(6-9)5-3-7;8*7-6-4-2-1-3-5-6;1-5(2,3)4;5-4-1-2-6-3-4;;;;/h2,4-7,20H,3,8-12H2,1H3;2-6,19H,7-11H2,1H3;6H,2-5H2,1H3;8*6H,1-5,7H2;1-4H3;1-4H,5H2;4*1H4. The number of carbonyl (C=O) groups excluding carboxylic acids is 1. The van der Waals surface area contributed by atoms with Gasteiger partial charge in [-0.25, -0.2) is 0 Å². The first kappa shape index (κ1) is 114. The summed E-state index contributed by atoms with van der Waals surface area (Å²) in [7, 11) is 6.42. The normalized spacial score (nSPS) is 21.5. The first-order valence-corrected chi connectivity index (χ1v) is 46.2. The SMILES string of the molecule is C.C.C.C.CC(C)(C)C.CN1CCCN(Cc2ccc(O)c3ncccc23)CC1.CN1CCN(C=O)CC1.CN1CCN(Cc2ccc(O)c3ncccc23)CC1.NC1C=CN=C1.NC1CCCCC1.NC1CCCCC1.NC1CCCCC1.NC1CCCCC1.NC1CCCCC1.NC1CCCCC1.NC1CCCCC1.NC1CCCCC1. The average molecular weight is 1670 g/mol. The van der Waals surface area contributed by atoms with Crippen LogP contribution in [0.2, 0.25) is 0 Å². The van der Waals surface area contributed by atoms with Crippen molar-refractivity contribution in [1.82, 2.24) is 39.4 Å². The number of carbonyl (C=O) groups is 1. The highest BCUT2D eigenvalue weighted by atomic mass is 16.3. The molecule has 0 bridgehead atoms. The number of aliphatic imine (C=N–C) groups is 1. The predicted octanol–water partition coefficient (Wildman–Crippen LogP) is 17.9. The zero-order valence-corrected chi connectivity index (χ0v) is 74.2.